The van der Waals surface area contributed by atoms with Gasteiger partial charge in [0.15, 0.2) is 5.78 Å². The number of fused-ring (bicyclic) bond motifs is 2. The lowest BCUT2D eigenvalue weighted by atomic mass is 9.87. The third kappa shape index (κ3) is 4.77. The number of carbonyl (C=O) groups is 2. The number of hydrogen-bond donors (Lipinski definition) is 2. The van der Waals surface area contributed by atoms with Crippen molar-refractivity contribution in [1.29, 1.82) is 0 Å². The van der Waals surface area contributed by atoms with Crippen LogP contribution in [0.25, 0.3) is 0 Å². The maximum absolute atomic E-state index is 14.1. The molecule has 206 valence electrons. The number of carbonyl (C=O) groups excluding carboxylic acids is 2. The Bertz CT molecular complexity index is 1800. The average Bonchev–Trinajstić information content (AvgIpc) is 3.74. The molecule has 3 aliphatic rings. The van der Waals surface area contributed by atoms with Crippen LogP contribution in [0.5, 0.6) is 0 Å². The summed E-state index contributed by atoms with van der Waals surface area (Å²) in [6.45, 7) is 0.327. The van der Waals surface area contributed by atoms with Crippen LogP contribution in [-0.4, -0.2) is 35.1 Å². The van der Waals surface area contributed by atoms with Gasteiger partial charge >= 0.3 is 0 Å². The van der Waals surface area contributed by atoms with Crippen molar-refractivity contribution in [3.8, 4) is 0 Å². The van der Waals surface area contributed by atoms with E-state index in [0.717, 1.165) is 30.7 Å². The second-order valence-corrected chi connectivity index (χ2v) is 13.5. The van der Waals surface area contributed by atoms with Crippen molar-refractivity contribution in [2.24, 2.45) is 11.8 Å². The van der Waals surface area contributed by atoms with Crippen LogP contribution in [0.3, 0.4) is 0 Å². The Morgan fingerprint density at radius 1 is 1.00 bits per heavy atom. The maximum atomic E-state index is 14.1. The predicted octanol–water partition coefficient (Wildman–Crippen LogP) is 4.31. The molecule has 12 heteroatoms. The second-order valence-electron chi connectivity index (χ2n) is 10.1. The molecule has 0 saturated heterocycles. The molecular formula is C28H24FN3O6S2. The first kappa shape index (κ1) is 26.2. The van der Waals surface area contributed by atoms with Crippen LogP contribution in [0.15, 0.2) is 87.6 Å². The molecule has 0 spiro atoms. The number of benzene rings is 3. The largest absolute Gasteiger partial charge is 0.356 e. The molecule has 2 N–H and O–H groups in total. The van der Waals surface area contributed by atoms with Crippen molar-refractivity contribution in [2.75, 3.05) is 21.5 Å². The smallest absolute Gasteiger partial charge is 0.261 e. The van der Waals surface area contributed by atoms with E-state index in [9.17, 15) is 30.8 Å². The maximum Gasteiger partial charge on any atom is 0.261 e. The fourth-order valence-corrected chi connectivity index (χ4v) is 7.44. The van der Waals surface area contributed by atoms with Gasteiger partial charge in [-0.3, -0.25) is 14.3 Å². The Morgan fingerprint density at radius 2 is 1.75 bits per heavy atom. The van der Waals surface area contributed by atoms with E-state index in [-0.39, 0.29) is 32.4 Å². The van der Waals surface area contributed by atoms with E-state index in [4.69, 9.17) is 0 Å². The van der Waals surface area contributed by atoms with Crippen molar-refractivity contribution in [3.63, 3.8) is 0 Å². The monoisotopic (exact) mass is 581 g/mol. The van der Waals surface area contributed by atoms with Gasteiger partial charge in [0.1, 0.15) is 11.7 Å². The highest BCUT2D eigenvalue weighted by atomic mass is 32.2. The van der Waals surface area contributed by atoms with Crippen LogP contribution < -0.4 is 14.9 Å². The van der Waals surface area contributed by atoms with Gasteiger partial charge in [-0.05, 0) is 60.9 Å². The Hall–Kier alpha value is -4.03. The summed E-state index contributed by atoms with van der Waals surface area (Å²) in [5.74, 6) is -2.95. The second kappa shape index (κ2) is 9.56. The first-order valence-electron chi connectivity index (χ1n) is 12.6. The Labute approximate surface area is 230 Å². The number of hydrogen-bond acceptors (Lipinski definition) is 7. The molecule has 1 unspecified atom stereocenters. The van der Waals surface area contributed by atoms with Gasteiger partial charge in [0, 0.05) is 17.8 Å². The highest BCUT2D eigenvalue weighted by Crippen LogP contribution is 2.40. The van der Waals surface area contributed by atoms with Crippen LogP contribution in [-0.2, 0) is 24.7 Å². The fourth-order valence-electron chi connectivity index (χ4n) is 5.00. The summed E-state index contributed by atoms with van der Waals surface area (Å²) in [6, 6.07) is 15.2. The molecule has 0 bridgehead atoms. The third-order valence-electron chi connectivity index (χ3n) is 7.21. The van der Waals surface area contributed by atoms with E-state index in [0.29, 0.717) is 18.2 Å². The van der Waals surface area contributed by atoms with Gasteiger partial charge in [0.2, 0.25) is 15.7 Å². The lowest BCUT2D eigenvalue weighted by Crippen LogP contribution is -2.47. The van der Waals surface area contributed by atoms with E-state index >= 15 is 0 Å². The molecule has 0 radical (unpaired) electrons. The number of amides is 1. The summed E-state index contributed by atoms with van der Waals surface area (Å²) in [5.41, 5.74) is 0.271. The first-order chi connectivity index (χ1) is 19.0. The molecule has 9 nitrogen and oxygen atoms in total. The first-order valence-corrected chi connectivity index (χ1v) is 15.7. The third-order valence-corrected chi connectivity index (χ3v) is 10.1. The highest BCUT2D eigenvalue weighted by molar-refractivity contribution is 7.94. The average molecular weight is 582 g/mol. The number of Topliss-reactive ketones (excluding diaryl/α,β-unsaturated/α-hetero) is 1. The van der Waals surface area contributed by atoms with Crippen molar-refractivity contribution < 1.29 is 30.8 Å². The summed E-state index contributed by atoms with van der Waals surface area (Å²) in [4.78, 5) is 28.3. The number of anilines is 3. The predicted molar refractivity (Wildman–Crippen MR) is 146 cm³/mol. The minimum absolute atomic E-state index is 0.00756. The zero-order valence-electron chi connectivity index (χ0n) is 21.0. The zero-order valence-corrected chi connectivity index (χ0v) is 22.6. The quantitative estimate of drug-likeness (QED) is 0.398. The van der Waals surface area contributed by atoms with E-state index in [1.807, 2.05) is 0 Å². The summed E-state index contributed by atoms with van der Waals surface area (Å²) in [7, 11) is -8.18. The van der Waals surface area contributed by atoms with Crippen LogP contribution >= 0.6 is 0 Å². The molecule has 6 rings (SSSR count). The summed E-state index contributed by atoms with van der Waals surface area (Å²) in [6.07, 6.45) is 2.84. The summed E-state index contributed by atoms with van der Waals surface area (Å²) in [5, 5.41) is 3.70. The van der Waals surface area contributed by atoms with Crippen LogP contribution in [0.1, 0.15) is 29.6 Å². The molecule has 2 heterocycles. The molecular weight excluding hydrogens is 557 g/mol. The van der Waals surface area contributed by atoms with Crippen molar-refractivity contribution in [1.82, 2.24) is 0 Å². The molecule has 1 aliphatic carbocycles. The lowest BCUT2D eigenvalue weighted by Gasteiger charge is -2.35. The molecule has 3 aromatic carbocycles. The Morgan fingerprint density at radius 3 is 2.48 bits per heavy atom. The van der Waals surface area contributed by atoms with Crippen molar-refractivity contribution >= 4 is 48.6 Å². The number of nitrogens with zero attached hydrogens (tertiary/aromatic N) is 1. The van der Waals surface area contributed by atoms with E-state index in [1.54, 1.807) is 18.2 Å². The van der Waals surface area contributed by atoms with Gasteiger partial charge in [0.05, 0.1) is 32.3 Å². The van der Waals surface area contributed by atoms with E-state index in [2.05, 4.69) is 10.0 Å². The minimum Gasteiger partial charge on any atom is -0.356 e. The van der Waals surface area contributed by atoms with Crippen molar-refractivity contribution in [3.05, 3.63) is 89.2 Å². The molecule has 1 amide bonds. The van der Waals surface area contributed by atoms with E-state index < -0.39 is 43.3 Å². The number of sulfone groups is 1. The van der Waals surface area contributed by atoms with Gasteiger partial charge in [0.25, 0.3) is 10.0 Å². The number of nitrogens with one attached hydrogen (secondary N) is 2. The Kier molecular flexibility index (Phi) is 6.26. The highest BCUT2D eigenvalue weighted by Gasteiger charge is 2.44. The summed E-state index contributed by atoms with van der Waals surface area (Å²) < 4.78 is 68.6. The van der Waals surface area contributed by atoms with Gasteiger partial charge < -0.3 is 10.2 Å². The van der Waals surface area contributed by atoms with Crippen LogP contribution in [0, 0.1) is 17.7 Å². The van der Waals surface area contributed by atoms with Gasteiger partial charge in [-0.15, -0.1) is 0 Å². The molecule has 40 heavy (non-hydrogen) atoms. The van der Waals surface area contributed by atoms with Gasteiger partial charge in [-0.1, -0.05) is 31.0 Å². The molecule has 3 aromatic rings. The molecule has 1 atom stereocenters. The lowest BCUT2D eigenvalue weighted by molar-refractivity contribution is -0.120. The van der Waals surface area contributed by atoms with Crippen molar-refractivity contribution in [2.45, 2.75) is 29.1 Å². The normalized spacial score (nSPS) is 19.8. The number of halogens is 1. The molecule has 0 aromatic heterocycles. The van der Waals surface area contributed by atoms with Crippen LogP contribution in [0.4, 0.5) is 21.5 Å². The van der Waals surface area contributed by atoms with Gasteiger partial charge in [-0.2, -0.15) is 0 Å². The molecule has 1 saturated carbocycles. The Balaban J connectivity index is 1.33. The topological polar surface area (TPSA) is 130 Å². The standard InChI is InChI=1S/C28H24FN3O6S2/c29-18-8-11-24-21(14-18)27(33)26(28(34)32(24)13-12-17-6-7-17)23-16-39(35,36)25-15-19(9-10-22(25)30-23)31-40(37,38)20-4-2-1-3-5-20/h1-5,8-11,14-17,26,30-31H,6-7,12-13H2. The fraction of sp³-hybridized carbons (Fsp3) is 0.214. The van der Waals surface area contributed by atoms with E-state index in [1.165, 1.54) is 47.4 Å². The van der Waals surface area contributed by atoms with Gasteiger partial charge in [-0.25, -0.2) is 21.2 Å². The van der Waals surface area contributed by atoms with Crippen LogP contribution in [0.2, 0.25) is 0 Å². The summed E-state index contributed by atoms with van der Waals surface area (Å²) >= 11 is 0. The number of sulfonamides is 1. The molecule has 2 aliphatic heterocycles. The number of rotatable bonds is 7. The molecule has 1 fully saturated rings. The SMILES string of the molecule is O=C1c2cc(F)ccc2N(CCC2CC2)C(=O)C1C1=CS(=O)(=O)c2cc(NS(=O)(=O)c3ccccc3)ccc2N1. The minimum atomic E-state index is -4.21. The number of ketones is 1. The zero-order chi connectivity index (χ0) is 28.2.